The third kappa shape index (κ3) is 2.84. The highest BCUT2D eigenvalue weighted by Crippen LogP contribution is 2.10. The average Bonchev–Trinajstić information content (AvgIpc) is 2.76. The summed E-state index contributed by atoms with van der Waals surface area (Å²) in [5, 5.41) is 0.775. The molecule has 1 heterocycles. The van der Waals surface area contributed by atoms with Crippen LogP contribution >= 0.6 is 11.6 Å². The van der Waals surface area contributed by atoms with Crippen LogP contribution in [-0.4, -0.2) is 9.55 Å². The van der Waals surface area contributed by atoms with Crippen molar-refractivity contribution in [2.45, 2.75) is 19.5 Å². The second-order valence-electron chi connectivity index (χ2n) is 3.68. The summed E-state index contributed by atoms with van der Waals surface area (Å²) in [6, 6.07) is 7.92. The third-order valence-corrected chi connectivity index (χ3v) is 2.72. The highest BCUT2D eigenvalue weighted by atomic mass is 35.5. The predicted molar refractivity (Wildman–Crippen MR) is 65.3 cm³/mol. The number of rotatable bonds is 4. The Hall–Kier alpha value is -1.32. The Balaban J connectivity index is 1.94. The smallest absolute Gasteiger partial charge is 0.0950 e. The van der Waals surface area contributed by atoms with E-state index >= 15 is 0 Å². The lowest BCUT2D eigenvalue weighted by molar-refractivity contribution is 0.695. The highest BCUT2D eigenvalue weighted by molar-refractivity contribution is 6.30. The Morgan fingerprint density at radius 1 is 1.25 bits per heavy atom. The van der Waals surface area contributed by atoms with E-state index in [1.54, 1.807) is 0 Å². The van der Waals surface area contributed by atoms with Gasteiger partial charge in [-0.25, -0.2) is 4.98 Å². The number of benzene rings is 1. The van der Waals surface area contributed by atoms with E-state index in [9.17, 15) is 0 Å². The van der Waals surface area contributed by atoms with Crippen molar-refractivity contribution in [3.63, 3.8) is 0 Å². The Labute approximate surface area is 99.9 Å². The fourth-order valence-electron chi connectivity index (χ4n) is 1.54. The van der Waals surface area contributed by atoms with Crippen LogP contribution in [0.3, 0.4) is 0 Å². The number of imidazole rings is 1. The second-order valence-corrected chi connectivity index (χ2v) is 4.12. The van der Waals surface area contributed by atoms with Gasteiger partial charge in [-0.05, 0) is 24.1 Å². The second kappa shape index (κ2) is 5.14. The van der Waals surface area contributed by atoms with Gasteiger partial charge in [0.15, 0.2) is 0 Å². The molecule has 0 fully saturated rings. The van der Waals surface area contributed by atoms with E-state index in [4.69, 9.17) is 17.3 Å². The van der Waals surface area contributed by atoms with Crippen LogP contribution in [0.5, 0.6) is 0 Å². The summed E-state index contributed by atoms with van der Waals surface area (Å²) < 4.78 is 2.05. The van der Waals surface area contributed by atoms with E-state index in [2.05, 4.69) is 9.55 Å². The molecular formula is C12H14ClN3. The standard InChI is InChI=1S/C12H14ClN3/c13-11-3-1-10(2-4-11)5-6-16-8-12(7-14)15-9-16/h1-4,8-9H,5-7,14H2. The molecule has 0 unspecified atom stereocenters. The minimum atomic E-state index is 0.494. The van der Waals surface area contributed by atoms with Crippen LogP contribution < -0.4 is 5.73 Å². The van der Waals surface area contributed by atoms with Crippen molar-refractivity contribution in [2.24, 2.45) is 5.73 Å². The zero-order chi connectivity index (χ0) is 11.4. The molecule has 0 saturated heterocycles. The van der Waals surface area contributed by atoms with Crippen molar-refractivity contribution >= 4 is 11.6 Å². The van der Waals surface area contributed by atoms with Crippen molar-refractivity contribution in [3.05, 3.63) is 53.1 Å². The van der Waals surface area contributed by atoms with Crippen LogP contribution in [0.1, 0.15) is 11.3 Å². The Morgan fingerprint density at radius 2 is 2.00 bits per heavy atom. The quantitative estimate of drug-likeness (QED) is 0.883. The van der Waals surface area contributed by atoms with Crippen LogP contribution in [0.4, 0.5) is 0 Å². The molecule has 1 aromatic carbocycles. The molecule has 1 aromatic heterocycles. The topological polar surface area (TPSA) is 43.8 Å². The number of aryl methyl sites for hydroxylation is 2. The Morgan fingerprint density at radius 3 is 2.62 bits per heavy atom. The first-order chi connectivity index (χ1) is 7.78. The van der Waals surface area contributed by atoms with E-state index < -0.39 is 0 Å². The summed E-state index contributed by atoms with van der Waals surface area (Å²) in [5.41, 5.74) is 7.69. The molecule has 84 valence electrons. The molecule has 2 aromatic rings. The largest absolute Gasteiger partial charge is 0.337 e. The zero-order valence-corrected chi connectivity index (χ0v) is 9.69. The van der Waals surface area contributed by atoms with Gasteiger partial charge >= 0.3 is 0 Å². The minimum Gasteiger partial charge on any atom is -0.337 e. The van der Waals surface area contributed by atoms with Crippen molar-refractivity contribution in [1.29, 1.82) is 0 Å². The zero-order valence-electron chi connectivity index (χ0n) is 8.94. The van der Waals surface area contributed by atoms with Crippen LogP contribution in [0, 0.1) is 0 Å². The monoisotopic (exact) mass is 235 g/mol. The molecule has 2 N–H and O–H groups in total. The van der Waals surface area contributed by atoms with Crippen molar-refractivity contribution in [2.75, 3.05) is 0 Å². The molecule has 0 aliphatic rings. The van der Waals surface area contributed by atoms with Gasteiger partial charge in [0.1, 0.15) is 0 Å². The SMILES string of the molecule is NCc1cn(CCc2ccc(Cl)cc2)cn1. The van der Waals surface area contributed by atoms with Crippen molar-refractivity contribution in [1.82, 2.24) is 9.55 Å². The maximum absolute atomic E-state index is 5.82. The normalized spacial score (nSPS) is 10.6. The summed E-state index contributed by atoms with van der Waals surface area (Å²) in [5.74, 6) is 0. The predicted octanol–water partition coefficient (Wildman–Crippen LogP) is 2.24. The first kappa shape index (κ1) is 11.2. The summed E-state index contributed by atoms with van der Waals surface area (Å²) >= 11 is 5.82. The lowest BCUT2D eigenvalue weighted by Gasteiger charge is -2.02. The van der Waals surface area contributed by atoms with E-state index in [0.717, 1.165) is 23.7 Å². The van der Waals surface area contributed by atoms with Gasteiger partial charge in [0.25, 0.3) is 0 Å². The van der Waals surface area contributed by atoms with E-state index in [-0.39, 0.29) is 0 Å². The highest BCUT2D eigenvalue weighted by Gasteiger charge is 1.97. The molecule has 16 heavy (non-hydrogen) atoms. The lowest BCUT2D eigenvalue weighted by atomic mass is 10.1. The number of hydrogen-bond donors (Lipinski definition) is 1. The van der Waals surface area contributed by atoms with Crippen molar-refractivity contribution < 1.29 is 0 Å². The first-order valence-electron chi connectivity index (χ1n) is 5.23. The maximum atomic E-state index is 5.82. The van der Waals surface area contributed by atoms with Crippen molar-refractivity contribution in [3.8, 4) is 0 Å². The molecule has 0 aliphatic carbocycles. The molecule has 4 heteroatoms. The number of halogens is 1. The average molecular weight is 236 g/mol. The molecule has 0 atom stereocenters. The number of hydrogen-bond acceptors (Lipinski definition) is 2. The fourth-order valence-corrected chi connectivity index (χ4v) is 1.67. The Kier molecular flexibility index (Phi) is 3.59. The summed E-state index contributed by atoms with van der Waals surface area (Å²) in [6.45, 7) is 1.41. The maximum Gasteiger partial charge on any atom is 0.0950 e. The molecule has 2 rings (SSSR count). The number of nitrogens with two attached hydrogens (primary N) is 1. The molecular weight excluding hydrogens is 222 g/mol. The van der Waals surface area contributed by atoms with E-state index in [1.807, 2.05) is 36.8 Å². The van der Waals surface area contributed by atoms with Crippen LogP contribution in [0.2, 0.25) is 5.02 Å². The van der Waals surface area contributed by atoms with E-state index in [1.165, 1.54) is 5.56 Å². The van der Waals surface area contributed by atoms with E-state index in [0.29, 0.717) is 6.54 Å². The first-order valence-corrected chi connectivity index (χ1v) is 5.61. The van der Waals surface area contributed by atoms with Gasteiger partial charge in [0.05, 0.1) is 12.0 Å². The number of aromatic nitrogens is 2. The summed E-state index contributed by atoms with van der Waals surface area (Å²) in [4.78, 5) is 4.18. The summed E-state index contributed by atoms with van der Waals surface area (Å²) in [6.07, 6.45) is 4.77. The van der Waals surface area contributed by atoms with Crippen LogP contribution in [0.25, 0.3) is 0 Å². The summed E-state index contributed by atoms with van der Waals surface area (Å²) in [7, 11) is 0. The molecule has 0 aliphatic heterocycles. The number of nitrogens with zero attached hydrogens (tertiary/aromatic N) is 2. The van der Waals surface area contributed by atoms with Gasteiger partial charge in [0.2, 0.25) is 0 Å². The Bertz CT molecular complexity index is 448. The van der Waals surface area contributed by atoms with Gasteiger partial charge in [-0.2, -0.15) is 0 Å². The molecule has 3 nitrogen and oxygen atoms in total. The van der Waals surface area contributed by atoms with Crippen LogP contribution in [0.15, 0.2) is 36.8 Å². The van der Waals surface area contributed by atoms with Gasteiger partial charge in [-0.15, -0.1) is 0 Å². The lowest BCUT2D eigenvalue weighted by Crippen LogP contribution is -1.99. The minimum absolute atomic E-state index is 0.494. The van der Waals surface area contributed by atoms with Crippen LogP contribution in [-0.2, 0) is 19.5 Å². The molecule has 0 radical (unpaired) electrons. The van der Waals surface area contributed by atoms with Gasteiger partial charge < -0.3 is 10.3 Å². The van der Waals surface area contributed by atoms with Gasteiger partial charge in [0, 0.05) is 24.3 Å². The fraction of sp³-hybridized carbons (Fsp3) is 0.250. The third-order valence-electron chi connectivity index (χ3n) is 2.47. The molecule has 0 bridgehead atoms. The molecule has 0 saturated carbocycles. The van der Waals surface area contributed by atoms with Gasteiger partial charge in [-0.3, -0.25) is 0 Å². The van der Waals surface area contributed by atoms with Gasteiger partial charge in [-0.1, -0.05) is 23.7 Å². The molecule has 0 amide bonds. The molecule has 0 spiro atoms.